The minimum atomic E-state index is -0.870. The molecule has 0 aromatic heterocycles. The molecule has 0 fully saturated rings. The van der Waals surface area contributed by atoms with Crippen LogP contribution in [-0.2, 0) is 14.3 Å². The Bertz CT molecular complexity index is 223. The van der Waals surface area contributed by atoms with Crippen molar-refractivity contribution in [3.05, 3.63) is 12.7 Å². The molecule has 0 saturated heterocycles. The van der Waals surface area contributed by atoms with Crippen molar-refractivity contribution >= 4 is 11.9 Å². The van der Waals surface area contributed by atoms with Gasteiger partial charge in [-0.05, 0) is 12.3 Å². The summed E-state index contributed by atoms with van der Waals surface area (Å²) in [6, 6.07) is 0. The Hall–Kier alpha value is -1.32. The van der Waals surface area contributed by atoms with Gasteiger partial charge in [0.2, 0.25) is 0 Å². The van der Waals surface area contributed by atoms with E-state index in [4.69, 9.17) is 9.84 Å². The Morgan fingerprint density at radius 3 is 2.60 bits per heavy atom. The molecule has 0 heterocycles. The number of hydrogen-bond donors (Lipinski definition) is 1. The third-order valence-electron chi connectivity index (χ3n) is 1.98. The molecule has 0 unspecified atom stereocenters. The van der Waals surface area contributed by atoms with E-state index in [1.807, 2.05) is 6.92 Å². The lowest BCUT2D eigenvalue weighted by molar-refractivity contribution is -0.144. The van der Waals surface area contributed by atoms with Gasteiger partial charge in [-0.15, -0.1) is 0 Å². The molecule has 0 aliphatic carbocycles. The van der Waals surface area contributed by atoms with Gasteiger partial charge in [0, 0.05) is 12.8 Å². The Morgan fingerprint density at radius 1 is 1.47 bits per heavy atom. The number of carboxylic acid groups (broad SMARTS) is 1. The molecule has 1 atom stereocenters. The number of aliphatic carboxylic acids is 1. The van der Waals surface area contributed by atoms with Crippen molar-refractivity contribution in [2.24, 2.45) is 5.92 Å². The molecule has 0 rings (SSSR count). The summed E-state index contributed by atoms with van der Waals surface area (Å²) in [5.41, 5.74) is 0. The number of esters is 1. The first-order valence-corrected chi connectivity index (χ1v) is 5.08. The van der Waals surface area contributed by atoms with E-state index in [-0.39, 0.29) is 31.3 Å². The highest BCUT2D eigenvalue weighted by atomic mass is 16.5. The van der Waals surface area contributed by atoms with E-state index in [1.165, 1.54) is 6.08 Å². The second-order valence-corrected chi connectivity index (χ2v) is 3.43. The van der Waals surface area contributed by atoms with E-state index in [0.29, 0.717) is 0 Å². The Morgan fingerprint density at radius 2 is 2.13 bits per heavy atom. The number of carbonyl (C=O) groups excluding carboxylic acids is 1. The molecule has 1 N–H and O–H groups in total. The van der Waals surface area contributed by atoms with Crippen molar-refractivity contribution in [3.8, 4) is 0 Å². The van der Waals surface area contributed by atoms with E-state index in [9.17, 15) is 9.59 Å². The molecule has 0 amide bonds. The van der Waals surface area contributed by atoms with Crippen LogP contribution in [0.5, 0.6) is 0 Å². The summed E-state index contributed by atoms with van der Waals surface area (Å²) in [6.07, 6.45) is 3.29. The fourth-order valence-electron chi connectivity index (χ4n) is 1.38. The zero-order valence-corrected chi connectivity index (χ0v) is 9.07. The van der Waals surface area contributed by atoms with Crippen LogP contribution in [0.1, 0.15) is 32.6 Å². The maximum Gasteiger partial charge on any atom is 0.306 e. The average molecular weight is 214 g/mol. The maximum absolute atomic E-state index is 11.2. The van der Waals surface area contributed by atoms with E-state index in [0.717, 1.165) is 12.8 Å². The van der Waals surface area contributed by atoms with E-state index < -0.39 is 5.97 Å². The van der Waals surface area contributed by atoms with Gasteiger partial charge in [-0.25, -0.2) is 0 Å². The van der Waals surface area contributed by atoms with Crippen molar-refractivity contribution in [2.45, 2.75) is 32.6 Å². The predicted octanol–water partition coefficient (Wildman–Crippen LogP) is 2.00. The van der Waals surface area contributed by atoms with Gasteiger partial charge in [0.25, 0.3) is 0 Å². The van der Waals surface area contributed by atoms with Crippen LogP contribution in [0.2, 0.25) is 0 Å². The van der Waals surface area contributed by atoms with Crippen LogP contribution in [0, 0.1) is 5.92 Å². The first kappa shape index (κ1) is 13.7. The number of carbonyl (C=O) groups is 2. The largest absolute Gasteiger partial charge is 0.481 e. The molecular weight excluding hydrogens is 196 g/mol. The highest BCUT2D eigenvalue weighted by Gasteiger charge is 2.17. The molecular formula is C11H18O4. The van der Waals surface area contributed by atoms with E-state index >= 15 is 0 Å². The molecule has 15 heavy (non-hydrogen) atoms. The number of ether oxygens (including phenoxy) is 1. The first-order valence-electron chi connectivity index (χ1n) is 5.08. The number of carboxylic acids is 1. The summed E-state index contributed by atoms with van der Waals surface area (Å²) in [6.45, 7) is 5.57. The first-order chi connectivity index (χ1) is 7.10. The minimum Gasteiger partial charge on any atom is -0.481 e. The zero-order valence-electron chi connectivity index (χ0n) is 9.07. The van der Waals surface area contributed by atoms with Crippen LogP contribution < -0.4 is 0 Å². The van der Waals surface area contributed by atoms with Gasteiger partial charge in [-0.1, -0.05) is 26.0 Å². The van der Waals surface area contributed by atoms with Gasteiger partial charge < -0.3 is 9.84 Å². The van der Waals surface area contributed by atoms with Crippen molar-refractivity contribution < 1.29 is 19.4 Å². The monoisotopic (exact) mass is 214 g/mol. The van der Waals surface area contributed by atoms with Crippen molar-refractivity contribution in [3.63, 3.8) is 0 Å². The maximum atomic E-state index is 11.2. The molecule has 0 aromatic carbocycles. The minimum absolute atomic E-state index is 0.0248. The molecule has 0 aliphatic heterocycles. The van der Waals surface area contributed by atoms with Gasteiger partial charge in [0.15, 0.2) is 0 Å². The van der Waals surface area contributed by atoms with Crippen LogP contribution in [0.3, 0.4) is 0 Å². The fraction of sp³-hybridized carbons (Fsp3) is 0.636. The van der Waals surface area contributed by atoms with Gasteiger partial charge in [0.1, 0.15) is 6.61 Å². The summed E-state index contributed by atoms with van der Waals surface area (Å²) >= 11 is 0. The summed E-state index contributed by atoms with van der Waals surface area (Å²) in [5, 5.41) is 8.63. The molecule has 0 radical (unpaired) electrons. The summed E-state index contributed by atoms with van der Waals surface area (Å²) < 4.78 is 4.80. The van der Waals surface area contributed by atoms with Gasteiger partial charge >= 0.3 is 11.9 Å². The standard InChI is InChI=1S/C11H18O4/c1-3-5-9(7-10(12)13)8-11(14)15-6-4-2/h4,9H,2-3,5-8H2,1H3,(H,12,13)/t9-/m0/s1. The highest BCUT2D eigenvalue weighted by Crippen LogP contribution is 2.16. The molecule has 0 aromatic rings. The van der Waals surface area contributed by atoms with E-state index in [1.54, 1.807) is 0 Å². The number of rotatable bonds is 8. The lowest BCUT2D eigenvalue weighted by atomic mass is 9.96. The van der Waals surface area contributed by atoms with Crippen LogP contribution in [0.15, 0.2) is 12.7 Å². The van der Waals surface area contributed by atoms with Crippen molar-refractivity contribution in [1.29, 1.82) is 0 Å². The fourth-order valence-corrected chi connectivity index (χ4v) is 1.38. The van der Waals surface area contributed by atoms with Gasteiger partial charge in [0.05, 0.1) is 0 Å². The Balaban J connectivity index is 3.97. The molecule has 86 valence electrons. The summed E-state index contributed by atoms with van der Waals surface area (Å²) in [4.78, 5) is 21.7. The van der Waals surface area contributed by atoms with E-state index in [2.05, 4.69) is 6.58 Å². The van der Waals surface area contributed by atoms with Crippen molar-refractivity contribution in [1.82, 2.24) is 0 Å². The smallest absolute Gasteiger partial charge is 0.306 e. The predicted molar refractivity (Wildman–Crippen MR) is 56.4 cm³/mol. The molecule has 4 nitrogen and oxygen atoms in total. The topological polar surface area (TPSA) is 63.6 Å². The van der Waals surface area contributed by atoms with Crippen LogP contribution in [0.4, 0.5) is 0 Å². The molecule has 0 saturated carbocycles. The second kappa shape index (κ2) is 8.03. The quantitative estimate of drug-likeness (QED) is 0.495. The zero-order chi connectivity index (χ0) is 11.7. The Labute approximate surface area is 89.9 Å². The van der Waals surface area contributed by atoms with Crippen LogP contribution in [0.25, 0.3) is 0 Å². The lowest BCUT2D eigenvalue weighted by Gasteiger charge is -2.12. The third-order valence-corrected chi connectivity index (χ3v) is 1.98. The SMILES string of the molecule is C=CCOC(=O)C[C@@H](CCC)CC(=O)O. The normalized spacial score (nSPS) is 11.8. The second-order valence-electron chi connectivity index (χ2n) is 3.43. The third kappa shape index (κ3) is 7.73. The van der Waals surface area contributed by atoms with Crippen molar-refractivity contribution in [2.75, 3.05) is 6.61 Å². The van der Waals surface area contributed by atoms with Crippen LogP contribution >= 0.6 is 0 Å². The lowest BCUT2D eigenvalue weighted by Crippen LogP contribution is -2.15. The highest BCUT2D eigenvalue weighted by molar-refractivity contribution is 5.72. The van der Waals surface area contributed by atoms with Gasteiger partial charge in [-0.2, -0.15) is 0 Å². The Kier molecular flexibility index (Phi) is 7.32. The molecule has 4 heteroatoms. The molecule has 0 aliphatic rings. The van der Waals surface area contributed by atoms with Crippen LogP contribution in [-0.4, -0.2) is 23.7 Å². The van der Waals surface area contributed by atoms with Gasteiger partial charge in [-0.3, -0.25) is 9.59 Å². The molecule has 0 spiro atoms. The summed E-state index contributed by atoms with van der Waals surface area (Å²) in [7, 11) is 0. The summed E-state index contributed by atoms with van der Waals surface area (Å²) in [5.74, 6) is -1.34. The average Bonchev–Trinajstić information content (AvgIpc) is 2.14. The number of hydrogen-bond acceptors (Lipinski definition) is 3. The molecule has 0 bridgehead atoms.